The molecule has 2 rings (SSSR count). The van der Waals surface area contributed by atoms with Gasteiger partial charge in [-0.3, -0.25) is 4.79 Å². The van der Waals surface area contributed by atoms with Gasteiger partial charge in [0.05, 0.1) is 0 Å². The lowest BCUT2D eigenvalue weighted by Gasteiger charge is -2.17. The molecule has 1 atom stereocenters. The molecule has 1 aromatic carbocycles. The summed E-state index contributed by atoms with van der Waals surface area (Å²) >= 11 is 4.19. The minimum atomic E-state index is -2.84. The third-order valence-electron chi connectivity index (χ3n) is 3.05. The van der Waals surface area contributed by atoms with Gasteiger partial charge >= 0.3 is 6.61 Å². The van der Waals surface area contributed by atoms with E-state index in [-0.39, 0.29) is 17.6 Å². The summed E-state index contributed by atoms with van der Waals surface area (Å²) in [6.07, 6.45) is 0.511. The van der Waals surface area contributed by atoms with E-state index in [4.69, 9.17) is 0 Å². The molecule has 0 aromatic heterocycles. The van der Waals surface area contributed by atoms with E-state index >= 15 is 0 Å². The van der Waals surface area contributed by atoms with Crippen LogP contribution in [0.2, 0.25) is 0 Å². The number of nitrogens with zero attached hydrogens (tertiary/aromatic N) is 1. The number of carbonyl (C=O) groups is 1. The first-order chi connectivity index (χ1) is 9.08. The fourth-order valence-electron chi connectivity index (χ4n) is 2.17. The molecule has 1 heterocycles. The average Bonchev–Trinajstić information content (AvgIpc) is 2.70. The van der Waals surface area contributed by atoms with Crippen molar-refractivity contribution in [2.24, 2.45) is 5.92 Å². The van der Waals surface area contributed by atoms with Crippen molar-refractivity contribution < 1.29 is 18.3 Å². The molecule has 1 aliphatic rings. The minimum absolute atomic E-state index is 0.0826. The van der Waals surface area contributed by atoms with Crippen molar-refractivity contribution in [3.8, 4) is 5.75 Å². The minimum Gasteiger partial charge on any atom is -0.435 e. The zero-order valence-corrected chi connectivity index (χ0v) is 11.2. The average molecular weight is 287 g/mol. The number of thiol groups is 1. The monoisotopic (exact) mass is 287 g/mol. The van der Waals surface area contributed by atoms with Gasteiger partial charge in [-0.1, -0.05) is 12.1 Å². The van der Waals surface area contributed by atoms with E-state index in [0.29, 0.717) is 25.3 Å². The lowest BCUT2D eigenvalue weighted by atomic mass is 10.1. The van der Waals surface area contributed by atoms with Crippen molar-refractivity contribution in [3.05, 3.63) is 29.8 Å². The summed E-state index contributed by atoms with van der Waals surface area (Å²) in [6, 6.07) is 6.44. The smallest absolute Gasteiger partial charge is 0.387 e. The number of rotatable bonds is 5. The summed E-state index contributed by atoms with van der Waals surface area (Å²) in [7, 11) is 0. The maximum Gasteiger partial charge on any atom is 0.387 e. The number of hydrogen-bond donors (Lipinski definition) is 1. The highest BCUT2D eigenvalue weighted by molar-refractivity contribution is 7.80. The highest BCUT2D eigenvalue weighted by Crippen LogP contribution is 2.23. The normalized spacial score (nSPS) is 19.3. The number of ether oxygens (including phenoxy) is 1. The summed E-state index contributed by atoms with van der Waals surface area (Å²) < 4.78 is 28.6. The molecule has 1 amide bonds. The molecule has 1 aliphatic heterocycles. The first kappa shape index (κ1) is 14.1. The Kier molecular flexibility index (Phi) is 4.63. The Morgan fingerprint density at radius 3 is 2.89 bits per heavy atom. The Morgan fingerprint density at radius 1 is 1.47 bits per heavy atom. The van der Waals surface area contributed by atoms with Crippen LogP contribution in [0.5, 0.6) is 5.75 Å². The van der Waals surface area contributed by atoms with Gasteiger partial charge in [0.2, 0.25) is 5.91 Å². The maximum atomic E-state index is 12.1. The molecule has 0 N–H and O–H groups in total. The van der Waals surface area contributed by atoms with Gasteiger partial charge in [-0.15, -0.1) is 0 Å². The molecule has 0 radical (unpaired) electrons. The van der Waals surface area contributed by atoms with E-state index in [2.05, 4.69) is 17.4 Å². The van der Waals surface area contributed by atoms with E-state index in [1.165, 1.54) is 12.1 Å². The van der Waals surface area contributed by atoms with Crippen LogP contribution in [-0.2, 0) is 11.3 Å². The topological polar surface area (TPSA) is 29.5 Å². The van der Waals surface area contributed by atoms with E-state index in [9.17, 15) is 13.6 Å². The lowest BCUT2D eigenvalue weighted by Crippen LogP contribution is -2.24. The van der Waals surface area contributed by atoms with Gasteiger partial charge in [0, 0.05) is 19.5 Å². The van der Waals surface area contributed by atoms with Crippen LogP contribution in [0.15, 0.2) is 24.3 Å². The molecule has 19 heavy (non-hydrogen) atoms. The van der Waals surface area contributed by atoms with Crippen molar-refractivity contribution in [1.29, 1.82) is 0 Å². The van der Waals surface area contributed by atoms with Gasteiger partial charge in [-0.25, -0.2) is 0 Å². The molecule has 1 fully saturated rings. The second-order valence-electron chi connectivity index (χ2n) is 4.55. The summed E-state index contributed by atoms with van der Waals surface area (Å²) in [5.41, 5.74) is 0.784. The molecule has 1 aromatic rings. The van der Waals surface area contributed by atoms with Gasteiger partial charge in [0.25, 0.3) is 0 Å². The predicted octanol–water partition coefficient (Wildman–Crippen LogP) is 2.57. The van der Waals surface area contributed by atoms with Gasteiger partial charge in [-0.05, 0) is 29.4 Å². The van der Waals surface area contributed by atoms with Crippen LogP contribution in [0.3, 0.4) is 0 Å². The highest BCUT2D eigenvalue weighted by atomic mass is 32.1. The summed E-state index contributed by atoms with van der Waals surface area (Å²) in [5, 5.41) is 0. The highest BCUT2D eigenvalue weighted by Gasteiger charge is 2.28. The third-order valence-corrected chi connectivity index (χ3v) is 3.57. The predicted molar refractivity (Wildman–Crippen MR) is 70.5 cm³/mol. The van der Waals surface area contributed by atoms with Gasteiger partial charge in [-0.2, -0.15) is 21.4 Å². The first-order valence-corrected chi connectivity index (χ1v) is 6.64. The van der Waals surface area contributed by atoms with E-state index in [1.807, 2.05) is 0 Å². The number of halogens is 2. The summed E-state index contributed by atoms with van der Waals surface area (Å²) in [4.78, 5) is 13.5. The Balaban J connectivity index is 2.01. The zero-order chi connectivity index (χ0) is 13.8. The SMILES string of the molecule is O=C1CC(CS)CN1Cc1cccc(OC(F)F)c1. The quantitative estimate of drug-likeness (QED) is 0.843. The Hall–Kier alpha value is -1.30. The number of benzene rings is 1. The molecule has 1 saturated heterocycles. The lowest BCUT2D eigenvalue weighted by molar-refractivity contribution is -0.128. The molecular formula is C13H15F2NO2S. The van der Waals surface area contributed by atoms with Crippen LogP contribution < -0.4 is 4.74 Å². The van der Waals surface area contributed by atoms with E-state index in [1.54, 1.807) is 17.0 Å². The van der Waals surface area contributed by atoms with Crippen LogP contribution >= 0.6 is 12.6 Å². The number of likely N-dealkylation sites (tertiary alicyclic amines) is 1. The summed E-state index contributed by atoms with van der Waals surface area (Å²) in [6.45, 7) is -1.75. The summed E-state index contributed by atoms with van der Waals surface area (Å²) in [5.74, 6) is 1.15. The Bertz CT molecular complexity index is 456. The maximum absolute atomic E-state index is 12.1. The Morgan fingerprint density at radius 2 is 2.26 bits per heavy atom. The molecule has 0 aliphatic carbocycles. The molecule has 104 valence electrons. The van der Waals surface area contributed by atoms with Crippen LogP contribution in [-0.4, -0.2) is 29.7 Å². The number of hydrogen-bond acceptors (Lipinski definition) is 3. The van der Waals surface area contributed by atoms with Crippen molar-refractivity contribution in [2.45, 2.75) is 19.6 Å². The van der Waals surface area contributed by atoms with Crippen molar-refractivity contribution in [2.75, 3.05) is 12.3 Å². The van der Waals surface area contributed by atoms with Gasteiger partial charge in [0.1, 0.15) is 5.75 Å². The molecule has 6 heteroatoms. The molecule has 0 spiro atoms. The van der Waals surface area contributed by atoms with Gasteiger partial charge in [0.15, 0.2) is 0 Å². The third kappa shape index (κ3) is 3.83. The number of alkyl halides is 2. The van der Waals surface area contributed by atoms with Gasteiger partial charge < -0.3 is 9.64 Å². The fraction of sp³-hybridized carbons (Fsp3) is 0.462. The number of carbonyl (C=O) groups excluding carboxylic acids is 1. The van der Waals surface area contributed by atoms with Crippen molar-refractivity contribution in [1.82, 2.24) is 4.90 Å². The van der Waals surface area contributed by atoms with Crippen LogP contribution in [0.4, 0.5) is 8.78 Å². The van der Waals surface area contributed by atoms with Crippen molar-refractivity contribution >= 4 is 18.5 Å². The Labute approximate surface area is 116 Å². The van der Waals surface area contributed by atoms with Crippen LogP contribution in [0.1, 0.15) is 12.0 Å². The largest absolute Gasteiger partial charge is 0.435 e. The van der Waals surface area contributed by atoms with E-state index < -0.39 is 6.61 Å². The first-order valence-electron chi connectivity index (χ1n) is 6.01. The standard InChI is InChI=1S/C13H15F2NO2S/c14-13(15)18-11-3-1-2-9(4-11)6-16-7-10(8-19)5-12(16)17/h1-4,10,13,19H,5-8H2. The van der Waals surface area contributed by atoms with Crippen molar-refractivity contribution in [3.63, 3.8) is 0 Å². The molecule has 0 bridgehead atoms. The van der Waals surface area contributed by atoms with Crippen LogP contribution in [0.25, 0.3) is 0 Å². The second-order valence-corrected chi connectivity index (χ2v) is 4.92. The molecule has 3 nitrogen and oxygen atoms in total. The molecular weight excluding hydrogens is 272 g/mol. The zero-order valence-electron chi connectivity index (χ0n) is 10.3. The van der Waals surface area contributed by atoms with Crippen LogP contribution in [0, 0.1) is 5.92 Å². The molecule has 1 unspecified atom stereocenters. The second kappa shape index (κ2) is 6.23. The molecule has 0 saturated carbocycles. The number of amides is 1. The fourth-order valence-corrected chi connectivity index (χ4v) is 2.41. The van der Waals surface area contributed by atoms with E-state index in [0.717, 1.165) is 5.56 Å².